The maximum absolute atomic E-state index is 13.1. The molecule has 1 aromatic heterocycles. The number of halogens is 1. The third-order valence-corrected chi connectivity index (χ3v) is 3.41. The highest BCUT2D eigenvalue weighted by Gasteiger charge is 2.24. The second-order valence-corrected chi connectivity index (χ2v) is 5.20. The lowest BCUT2D eigenvalue weighted by Gasteiger charge is -1.98. The lowest BCUT2D eigenvalue weighted by atomic mass is 10.2. The van der Waals surface area contributed by atoms with Crippen molar-refractivity contribution >= 4 is 29.3 Å². The molecule has 0 saturated carbocycles. The highest BCUT2D eigenvalue weighted by atomic mass is 32.1. The Balaban J connectivity index is 1.94. The second kappa shape index (κ2) is 4.97. The molecule has 1 aliphatic heterocycles. The zero-order valence-electron chi connectivity index (χ0n) is 10.5. The van der Waals surface area contributed by atoms with Crippen LogP contribution in [0.3, 0.4) is 0 Å². The molecule has 20 heavy (non-hydrogen) atoms. The van der Waals surface area contributed by atoms with Crippen molar-refractivity contribution in [3.63, 3.8) is 0 Å². The Morgan fingerprint density at radius 1 is 1.40 bits per heavy atom. The van der Waals surface area contributed by atoms with Crippen molar-refractivity contribution in [2.45, 2.75) is 6.92 Å². The van der Waals surface area contributed by atoms with Crippen LogP contribution in [0.5, 0.6) is 0 Å². The third kappa shape index (κ3) is 2.50. The third-order valence-electron chi connectivity index (χ3n) is 2.61. The van der Waals surface area contributed by atoms with Gasteiger partial charge in [0.2, 0.25) is 5.90 Å². The summed E-state index contributed by atoms with van der Waals surface area (Å²) in [5.74, 6) is -0.864. The Morgan fingerprint density at radius 3 is 2.95 bits per heavy atom. The number of cyclic esters (lactones) is 1. The molecule has 1 aromatic carbocycles. The summed E-state index contributed by atoms with van der Waals surface area (Å²) in [6.45, 7) is 1.88. The second-order valence-electron chi connectivity index (χ2n) is 4.14. The Morgan fingerprint density at radius 2 is 2.25 bits per heavy atom. The molecule has 0 unspecified atom stereocenters. The van der Waals surface area contributed by atoms with Crippen molar-refractivity contribution in [1.29, 1.82) is 0 Å². The van der Waals surface area contributed by atoms with Crippen LogP contribution in [-0.2, 0) is 9.53 Å². The summed E-state index contributed by atoms with van der Waals surface area (Å²) in [7, 11) is 0. The molecule has 0 saturated heterocycles. The zero-order chi connectivity index (χ0) is 14.1. The van der Waals surface area contributed by atoms with Crippen LogP contribution in [0.2, 0.25) is 0 Å². The zero-order valence-corrected chi connectivity index (χ0v) is 11.3. The number of ether oxygens (including phenoxy) is 1. The number of nitrogens with zero attached hydrogens (tertiary/aromatic N) is 2. The summed E-state index contributed by atoms with van der Waals surface area (Å²) < 4.78 is 18.2. The first-order valence-electron chi connectivity index (χ1n) is 5.82. The number of benzene rings is 1. The van der Waals surface area contributed by atoms with Gasteiger partial charge in [-0.05, 0) is 31.2 Å². The number of rotatable bonds is 2. The summed E-state index contributed by atoms with van der Waals surface area (Å²) in [5, 5.41) is 2.73. The van der Waals surface area contributed by atoms with E-state index in [1.54, 1.807) is 12.1 Å². The van der Waals surface area contributed by atoms with Crippen molar-refractivity contribution < 1.29 is 13.9 Å². The number of aryl methyl sites for hydroxylation is 1. The van der Waals surface area contributed by atoms with Crippen LogP contribution in [0.15, 0.2) is 40.3 Å². The molecular formula is C14H9FN2O2S. The largest absolute Gasteiger partial charge is 0.402 e. The topological polar surface area (TPSA) is 51.6 Å². The van der Waals surface area contributed by atoms with Crippen LogP contribution in [0.1, 0.15) is 16.3 Å². The van der Waals surface area contributed by atoms with E-state index in [1.807, 2.05) is 12.3 Å². The normalized spacial score (nSPS) is 16.4. The molecule has 4 nitrogen and oxygen atoms in total. The van der Waals surface area contributed by atoms with Crippen molar-refractivity contribution in [1.82, 2.24) is 4.98 Å². The maximum atomic E-state index is 13.1. The van der Waals surface area contributed by atoms with Gasteiger partial charge in [-0.1, -0.05) is 6.07 Å². The van der Waals surface area contributed by atoms with Gasteiger partial charge in [-0.3, -0.25) is 0 Å². The van der Waals surface area contributed by atoms with Gasteiger partial charge in [0.1, 0.15) is 5.82 Å². The highest BCUT2D eigenvalue weighted by Crippen LogP contribution is 2.20. The number of carbonyl (C=O) groups is 1. The van der Waals surface area contributed by atoms with E-state index in [-0.39, 0.29) is 11.6 Å². The van der Waals surface area contributed by atoms with Crippen molar-refractivity contribution in [3.05, 3.63) is 57.4 Å². The fourth-order valence-corrected chi connectivity index (χ4v) is 2.31. The summed E-state index contributed by atoms with van der Waals surface area (Å²) in [6.07, 6.45) is 1.55. The van der Waals surface area contributed by atoms with Crippen LogP contribution >= 0.6 is 11.3 Å². The summed E-state index contributed by atoms with van der Waals surface area (Å²) in [5.41, 5.74) is 1.24. The first-order valence-corrected chi connectivity index (χ1v) is 6.70. The fraction of sp³-hybridized carbons (Fsp3) is 0.0714. The molecule has 0 N–H and O–H groups in total. The van der Waals surface area contributed by atoms with Crippen molar-refractivity contribution in [2.75, 3.05) is 0 Å². The molecule has 0 fully saturated rings. The maximum Gasteiger partial charge on any atom is 0.363 e. The van der Waals surface area contributed by atoms with E-state index in [4.69, 9.17) is 4.74 Å². The highest BCUT2D eigenvalue weighted by molar-refractivity contribution is 7.09. The van der Waals surface area contributed by atoms with Gasteiger partial charge < -0.3 is 4.74 Å². The SMILES string of the molecule is Cc1nc(/C=C2\N=C(c3cccc(F)c3)OC2=O)cs1. The van der Waals surface area contributed by atoms with Crippen LogP contribution in [-0.4, -0.2) is 16.9 Å². The lowest BCUT2D eigenvalue weighted by molar-refractivity contribution is -0.129. The number of aromatic nitrogens is 1. The number of hydrogen-bond acceptors (Lipinski definition) is 5. The molecule has 1 aliphatic rings. The Labute approximate surface area is 118 Å². The van der Waals surface area contributed by atoms with Gasteiger partial charge >= 0.3 is 5.97 Å². The minimum Gasteiger partial charge on any atom is -0.402 e. The Hall–Kier alpha value is -2.34. The van der Waals surface area contributed by atoms with Crippen molar-refractivity contribution in [2.24, 2.45) is 4.99 Å². The quantitative estimate of drug-likeness (QED) is 0.630. The van der Waals surface area contributed by atoms with Gasteiger partial charge in [0.05, 0.1) is 10.7 Å². The van der Waals surface area contributed by atoms with E-state index in [1.165, 1.54) is 29.5 Å². The minimum atomic E-state index is -0.560. The monoisotopic (exact) mass is 288 g/mol. The lowest BCUT2D eigenvalue weighted by Crippen LogP contribution is -2.05. The van der Waals surface area contributed by atoms with E-state index >= 15 is 0 Å². The summed E-state index contributed by atoms with van der Waals surface area (Å²) in [4.78, 5) is 20.0. The number of thiazole rings is 1. The average molecular weight is 288 g/mol. The molecule has 2 heterocycles. The van der Waals surface area contributed by atoms with Gasteiger partial charge in [-0.15, -0.1) is 11.3 Å². The average Bonchev–Trinajstić information content (AvgIpc) is 2.97. The van der Waals surface area contributed by atoms with E-state index in [0.29, 0.717) is 11.3 Å². The summed E-state index contributed by atoms with van der Waals surface area (Å²) >= 11 is 1.48. The molecule has 0 radical (unpaired) electrons. The van der Waals surface area contributed by atoms with Crippen molar-refractivity contribution in [3.8, 4) is 0 Å². The minimum absolute atomic E-state index is 0.104. The first-order chi connectivity index (χ1) is 9.61. The molecular weight excluding hydrogens is 279 g/mol. The van der Waals surface area contributed by atoms with Gasteiger partial charge in [0.15, 0.2) is 5.70 Å². The van der Waals surface area contributed by atoms with Gasteiger partial charge in [-0.2, -0.15) is 0 Å². The predicted molar refractivity (Wildman–Crippen MR) is 73.9 cm³/mol. The standard InChI is InChI=1S/C14H9FN2O2S/c1-8-16-11(7-20-8)6-12-14(18)19-13(17-12)9-3-2-4-10(15)5-9/h2-7H,1H3/b12-6-. The predicted octanol–water partition coefficient (Wildman–Crippen LogP) is 2.94. The molecule has 2 aromatic rings. The molecule has 3 rings (SSSR count). The number of esters is 1. The van der Waals surface area contributed by atoms with E-state index in [0.717, 1.165) is 5.01 Å². The molecule has 0 bridgehead atoms. The summed E-state index contributed by atoms with van der Waals surface area (Å²) in [6, 6.07) is 5.75. The van der Waals surface area contributed by atoms with E-state index in [2.05, 4.69) is 9.98 Å². The van der Waals surface area contributed by atoms with Gasteiger partial charge in [0.25, 0.3) is 0 Å². The molecule has 6 heteroatoms. The fourth-order valence-electron chi connectivity index (χ4n) is 1.74. The van der Waals surface area contributed by atoms with Crippen LogP contribution in [0.4, 0.5) is 4.39 Å². The molecule has 0 aliphatic carbocycles. The Kier molecular flexibility index (Phi) is 3.15. The first kappa shape index (κ1) is 12.7. The van der Waals surface area contributed by atoms with Crippen LogP contribution in [0, 0.1) is 12.7 Å². The van der Waals surface area contributed by atoms with Crippen LogP contribution in [0.25, 0.3) is 6.08 Å². The van der Waals surface area contributed by atoms with E-state index in [9.17, 15) is 9.18 Å². The molecule has 0 amide bonds. The smallest absolute Gasteiger partial charge is 0.363 e. The van der Waals surface area contributed by atoms with E-state index < -0.39 is 11.8 Å². The number of aliphatic imine (C=N–C) groups is 1. The van der Waals surface area contributed by atoms with Crippen LogP contribution < -0.4 is 0 Å². The molecule has 0 atom stereocenters. The number of hydrogen-bond donors (Lipinski definition) is 0. The number of carbonyl (C=O) groups excluding carboxylic acids is 1. The van der Waals surface area contributed by atoms with Gasteiger partial charge in [0, 0.05) is 10.9 Å². The molecule has 100 valence electrons. The van der Waals surface area contributed by atoms with Gasteiger partial charge in [-0.25, -0.2) is 19.2 Å². The Bertz CT molecular complexity index is 749. The molecule has 0 spiro atoms.